The quantitative estimate of drug-likeness (QED) is 0.188. The van der Waals surface area contributed by atoms with Crippen molar-refractivity contribution in [3.8, 4) is 28.4 Å². The number of hydrogen-bond acceptors (Lipinski definition) is 12. The van der Waals surface area contributed by atoms with E-state index in [9.17, 15) is 19.5 Å². The van der Waals surface area contributed by atoms with Gasteiger partial charge in [-0.3, -0.25) is 19.3 Å². The number of piperidine rings is 1. The third-order valence-corrected chi connectivity index (χ3v) is 10.9. The molecule has 15 nitrogen and oxygen atoms in total. The van der Waals surface area contributed by atoms with E-state index in [4.69, 9.17) is 15.2 Å². The van der Waals surface area contributed by atoms with Crippen LogP contribution in [0.4, 0.5) is 17.2 Å². The lowest BCUT2D eigenvalue weighted by atomic mass is 9.80. The zero-order valence-electron chi connectivity index (χ0n) is 29.6. The summed E-state index contributed by atoms with van der Waals surface area (Å²) in [6, 6.07) is 15.2. The average molecular weight is 722 g/mol. The molecule has 276 valence electrons. The van der Waals surface area contributed by atoms with Crippen molar-refractivity contribution in [3.05, 3.63) is 66.5 Å². The fourth-order valence-electron chi connectivity index (χ4n) is 8.30. The molecule has 1 aliphatic carbocycles. The second kappa shape index (κ2) is 14.5. The minimum Gasteiger partial charge on any atom is -0.489 e. The van der Waals surface area contributed by atoms with Crippen LogP contribution in [0.3, 0.4) is 0 Å². The van der Waals surface area contributed by atoms with Crippen LogP contribution in [-0.4, -0.2) is 98.9 Å². The molecule has 5 heterocycles. The number of fused-ring (bicyclic) bond motifs is 1. The number of aromatic nitrogens is 4. The summed E-state index contributed by atoms with van der Waals surface area (Å²) in [5.41, 5.74) is 10.6. The molecule has 3 fully saturated rings. The third kappa shape index (κ3) is 6.89. The first-order chi connectivity index (χ1) is 25.7. The van der Waals surface area contributed by atoms with E-state index >= 15 is 0 Å². The van der Waals surface area contributed by atoms with Crippen molar-refractivity contribution < 1.29 is 29.0 Å². The molecule has 0 bridgehead atoms. The highest BCUT2D eigenvalue weighted by molar-refractivity contribution is 5.95. The molecule has 2 saturated heterocycles. The fraction of sp³-hybridized carbons (Fsp3) is 0.421. The normalized spacial score (nSPS) is 23.6. The standard InChI is InChI=1S/C38H43N9O6/c1-23(48)53-33-8-3-2-5-28(33)29-19-32(37(39)43-42-29)47-21-26(20-40-47)45-16-15-44(22-35(45)50)25-11-9-24(10-12-25)27-6-4-7-30-36(27)52-18-17-46(30)31-13-14-34(49)41-38(31)51/h2-8,19-21,24-25,31,38,51H,9-18,22H2,1H3,(H2,39,43)(H,41,49). The molecule has 2 atom stereocenters. The van der Waals surface area contributed by atoms with Crippen LogP contribution in [0.2, 0.25) is 0 Å². The van der Waals surface area contributed by atoms with Gasteiger partial charge in [-0.2, -0.15) is 5.10 Å². The molecule has 2 amide bonds. The van der Waals surface area contributed by atoms with E-state index in [1.54, 1.807) is 46.2 Å². The first-order valence-corrected chi connectivity index (χ1v) is 18.2. The summed E-state index contributed by atoms with van der Waals surface area (Å²) in [5.74, 6) is 1.21. The lowest BCUT2D eigenvalue weighted by Crippen LogP contribution is -2.57. The van der Waals surface area contributed by atoms with Gasteiger partial charge in [-0.05, 0) is 67.9 Å². The molecule has 0 radical (unpaired) electrons. The van der Waals surface area contributed by atoms with Gasteiger partial charge in [-0.25, -0.2) is 4.68 Å². The van der Waals surface area contributed by atoms with E-state index < -0.39 is 12.2 Å². The molecule has 0 spiro atoms. The molecule has 8 rings (SSSR count). The first kappa shape index (κ1) is 34.5. The predicted molar refractivity (Wildman–Crippen MR) is 196 cm³/mol. The summed E-state index contributed by atoms with van der Waals surface area (Å²) < 4.78 is 13.2. The number of piperazine rings is 1. The molecule has 2 unspecified atom stereocenters. The second-order valence-corrected chi connectivity index (χ2v) is 14.1. The number of aliphatic hydroxyl groups is 1. The third-order valence-electron chi connectivity index (χ3n) is 10.9. The Hall–Kier alpha value is -5.54. The SMILES string of the molecule is CC(=O)Oc1ccccc1-c1cc(-n2cc(N3CCN(C4CCC(c5cccc6c5OCCN6C5CCC(=O)NC5O)CC4)CC3=O)cn2)c(N)nn1. The topological polar surface area (TPSA) is 181 Å². The molecule has 2 aromatic carbocycles. The van der Waals surface area contributed by atoms with Gasteiger partial charge in [-0.15, -0.1) is 10.2 Å². The minimum atomic E-state index is -0.906. The molecular weight excluding hydrogens is 678 g/mol. The second-order valence-electron chi connectivity index (χ2n) is 14.1. The highest BCUT2D eigenvalue weighted by Gasteiger charge is 2.37. The van der Waals surface area contributed by atoms with Crippen molar-refractivity contribution in [1.29, 1.82) is 0 Å². The number of nitrogen functional groups attached to an aromatic ring is 1. The maximum absolute atomic E-state index is 13.6. The van der Waals surface area contributed by atoms with Crippen molar-refractivity contribution in [1.82, 2.24) is 30.2 Å². The van der Waals surface area contributed by atoms with Crippen LogP contribution >= 0.6 is 0 Å². The van der Waals surface area contributed by atoms with Gasteiger partial charge in [0.05, 0.1) is 48.6 Å². The van der Waals surface area contributed by atoms with Gasteiger partial charge in [0.25, 0.3) is 0 Å². The molecule has 4 aliphatic rings. The molecule has 3 aliphatic heterocycles. The summed E-state index contributed by atoms with van der Waals surface area (Å²) in [6.07, 6.45) is 7.45. The summed E-state index contributed by atoms with van der Waals surface area (Å²) >= 11 is 0. The molecule has 53 heavy (non-hydrogen) atoms. The zero-order valence-corrected chi connectivity index (χ0v) is 29.6. The Balaban J connectivity index is 0.905. The van der Waals surface area contributed by atoms with Crippen molar-refractivity contribution in [2.45, 2.75) is 69.7 Å². The van der Waals surface area contributed by atoms with Crippen LogP contribution in [0.5, 0.6) is 11.5 Å². The molecule has 15 heteroatoms. The van der Waals surface area contributed by atoms with Crippen LogP contribution < -0.4 is 30.3 Å². The van der Waals surface area contributed by atoms with Crippen LogP contribution in [0.15, 0.2) is 60.9 Å². The van der Waals surface area contributed by atoms with Crippen molar-refractivity contribution in [3.63, 3.8) is 0 Å². The zero-order chi connectivity index (χ0) is 36.6. The minimum absolute atomic E-state index is 0.0152. The number of nitrogens with one attached hydrogen (secondary N) is 1. The number of anilines is 3. The van der Waals surface area contributed by atoms with Gasteiger partial charge in [0.2, 0.25) is 11.8 Å². The van der Waals surface area contributed by atoms with Gasteiger partial charge in [0.15, 0.2) is 5.82 Å². The Kier molecular flexibility index (Phi) is 9.43. The van der Waals surface area contributed by atoms with E-state index in [0.717, 1.165) is 43.7 Å². The van der Waals surface area contributed by atoms with Gasteiger partial charge in [-0.1, -0.05) is 24.3 Å². The number of para-hydroxylation sites is 2. The number of hydrogen-bond donors (Lipinski definition) is 3. The lowest BCUT2D eigenvalue weighted by molar-refractivity contribution is -0.132. The van der Waals surface area contributed by atoms with Crippen LogP contribution in [0, 0.1) is 0 Å². The number of amides is 2. The van der Waals surface area contributed by atoms with E-state index in [1.807, 2.05) is 6.07 Å². The molecule has 4 N–H and O–H groups in total. The van der Waals surface area contributed by atoms with Crippen molar-refractivity contribution >= 4 is 35.0 Å². The fourth-order valence-corrected chi connectivity index (χ4v) is 8.30. The number of esters is 1. The van der Waals surface area contributed by atoms with E-state index in [-0.39, 0.29) is 23.7 Å². The summed E-state index contributed by atoms with van der Waals surface area (Å²) in [7, 11) is 0. The Morgan fingerprint density at radius 2 is 1.83 bits per heavy atom. The molecule has 4 aromatic rings. The summed E-state index contributed by atoms with van der Waals surface area (Å²) in [6.45, 7) is 4.15. The number of aliphatic hydroxyl groups excluding tert-OH is 1. The van der Waals surface area contributed by atoms with E-state index in [1.165, 1.54) is 12.5 Å². The largest absolute Gasteiger partial charge is 0.489 e. The highest BCUT2D eigenvalue weighted by atomic mass is 16.5. The Bertz CT molecular complexity index is 2030. The number of benzene rings is 2. The maximum atomic E-state index is 13.6. The summed E-state index contributed by atoms with van der Waals surface area (Å²) in [5, 5.41) is 26.2. The number of rotatable bonds is 7. The number of nitrogens with two attached hydrogens (primary N) is 1. The van der Waals surface area contributed by atoms with Crippen LogP contribution in [0.25, 0.3) is 16.9 Å². The van der Waals surface area contributed by atoms with Gasteiger partial charge >= 0.3 is 5.97 Å². The smallest absolute Gasteiger partial charge is 0.308 e. The molecular formula is C38H43N9O6. The van der Waals surface area contributed by atoms with Crippen LogP contribution in [0.1, 0.15) is 56.9 Å². The monoisotopic (exact) mass is 721 g/mol. The first-order valence-electron chi connectivity index (χ1n) is 18.2. The molecule has 1 saturated carbocycles. The van der Waals surface area contributed by atoms with E-state index in [2.05, 4.69) is 48.6 Å². The van der Waals surface area contributed by atoms with Gasteiger partial charge < -0.3 is 35.4 Å². The highest BCUT2D eigenvalue weighted by Crippen LogP contribution is 2.45. The molecule has 2 aromatic heterocycles. The Morgan fingerprint density at radius 1 is 1.00 bits per heavy atom. The lowest BCUT2D eigenvalue weighted by Gasteiger charge is -2.43. The Morgan fingerprint density at radius 3 is 2.62 bits per heavy atom. The van der Waals surface area contributed by atoms with E-state index in [0.29, 0.717) is 79.4 Å². The van der Waals surface area contributed by atoms with Crippen LogP contribution in [-0.2, 0) is 14.4 Å². The Labute approximate surface area is 306 Å². The van der Waals surface area contributed by atoms with Crippen molar-refractivity contribution in [2.75, 3.05) is 48.3 Å². The number of ether oxygens (including phenoxy) is 2. The van der Waals surface area contributed by atoms with Gasteiger partial charge in [0, 0.05) is 38.0 Å². The maximum Gasteiger partial charge on any atom is 0.308 e. The van der Waals surface area contributed by atoms with Gasteiger partial charge in [0.1, 0.15) is 30.0 Å². The average Bonchev–Trinajstić information content (AvgIpc) is 3.65. The number of carbonyl (C=O) groups is 3. The summed E-state index contributed by atoms with van der Waals surface area (Å²) in [4.78, 5) is 43.3. The predicted octanol–water partition coefficient (Wildman–Crippen LogP) is 3.01. The van der Waals surface area contributed by atoms with Crippen molar-refractivity contribution in [2.24, 2.45) is 0 Å². The number of nitrogens with zero attached hydrogens (tertiary/aromatic N) is 7. The number of carbonyl (C=O) groups excluding carboxylic acids is 3.